The molecule has 0 bridgehead atoms. The molecule has 3 rings (SSSR count). The zero-order valence-corrected chi connectivity index (χ0v) is 12.7. The SMILES string of the molecule is COC(=O)[C@@H]1Cc2c([nH]c3c(Br)cccc23)CN1.Cl. The van der Waals surface area contributed by atoms with Crippen LogP contribution in [0.1, 0.15) is 11.3 Å². The van der Waals surface area contributed by atoms with Crippen molar-refractivity contribution in [1.82, 2.24) is 10.3 Å². The van der Waals surface area contributed by atoms with Gasteiger partial charge in [0, 0.05) is 28.5 Å². The fourth-order valence-electron chi connectivity index (χ4n) is 2.49. The van der Waals surface area contributed by atoms with E-state index in [-0.39, 0.29) is 24.4 Å². The number of hydrogen-bond acceptors (Lipinski definition) is 3. The molecule has 0 fully saturated rings. The van der Waals surface area contributed by atoms with E-state index >= 15 is 0 Å². The van der Waals surface area contributed by atoms with E-state index in [4.69, 9.17) is 4.74 Å². The molecular weight excluding hydrogens is 332 g/mol. The normalized spacial score (nSPS) is 17.7. The van der Waals surface area contributed by atoms with Crippen molar-refractivity contribution in [2.24, 2.45) is 0 Å². The van der Waals surface area contributed by atoms with Crippen LogP contribution < -0.4 is 5.32 Å². The second-order valence-electron chi connectivity index (χ2n) is 4.41. The molecule has 2 heterocycles. The van der Waals surface area contributed by atoms with E-state index in [1.54, 1.807) is 0 Å². The van der Waals surface area contributed by atoms with Gasteiger partial charge in [-0.1, -0.05) is 12.1 Å². The van der Waals surface area contributed by atoms with Crippen LogP contribution in [-0.4, -0.2) is 24.1 Å². The van der Waals surface area contributed by atoms with E-state index in [9.17, 15) is 4.79 Å². The number of H-pyrrole nitrogens is 1. The summed E-state index contributed by atoms with van der Waals surface area (Å²) in [5.41, 5.74) is 3.45. The van der Waals surface area contributed by atoms with Gasteiger partial charge in [0.15, 0.2) is 0 Å². The fourth-order valence-corrected chi connectivity index (χ4v) is 2.95. The highest BCUT2D eigenvalue weighted by atomic mass is 79.9. The van der Waals surface area contributed by atoms with E-state index in [1.807, 2.05) is 12.1 Å². The molecule has 2 N–H and O–H groups in total. The summed E-state index contributed by atoms with van der Waals surface area (Å²) in [4.78, 5) is 15.0. The quantitative estimate of drug-likeness (QED) is 0.781. The number of methoxy groups -OCH3 is 1. The maximum absolute atomic E-state index is 11.6. The predicted octanol–water partition coefficient (Wildman–Crippen LogP) is 2.54. The summed E-state index contributed by atoms with van der Waals surface area (Å²) in [7, 11) is 1.42. The third-order valence-electron chi connectivity index (χ3n) is 3.40. The van der Waals surface area contributed by atoms with E-state index < -0.39 is 0 Å². The topological polar surface area (TPSA) is 54.1 Å². The van der Waals surface area contributed by atoms with Gasteiger partial charge >= 0.3 is 5.97 Å². The second kappa shape index (κ2) is 5.53. The van der Waals surface area contributed by atoms with Crippen LogP contribution >= 0.6 is 28.3 Å². The molecule has 0 saturated carbocycles. The standard InChI is InChI=1S/C13H13BrN2O2.ClH/c1-18-13(17)10-5-8-7-3-2-4-9(14)12(7)16-11(8)6-15-10;/h2-4,10,15-16H,5-6H2,1H3;1H/t10-;/m0./s1. The van der Waals surface area contributed by atoms with Crippen molar-refractivity contribution in [2.75, 3.05) is 7.11 Å². The third kappa shape index (κ3) is 2.38. The maximum Gasteiger partial charge on any atom is 0.323 e. The first-order valence-electron chi connectivity index (χ1n) is 5.80. The number of nitrogens with one attached hydrogen (secondary N) is 2. The smallest absolute Gasteiger partial charge is 0.323 e. The van der Waals surface area contributed by atoms with Crippen LogP contribution in [0, 0.1) is 0 Å². The number of carbonyl (C=O) groups excluding carboxylic acids is 1. The molecule has 0 radical (unpaired) electrons. The Morgan fingerprint density at radius 3 is 3.00 bits per heavy atom. The van der Waals surface area contributed by atoms with Crippen LogP contribution in [0.4, 0.5) is 0 Å². The number of ether oxygens (including phenoxy) is 1. The molecule has 0 spiro atoms. The number of para-hydroxylation sites is 1. The van der Waals surface area contributed by atoms with E-state index in [0.29, 0.717) is 13.0 Å². The number of aromatic nitrogens is 1. The molecule has 6 heteroatoms. The molecule has 0 amide bonds. The summed E-state index contributed by atoms with van der Waals surface area (Å²) in [5, 5.41) is 4.36. The van der Waals surface area contributed by atoms with Crippen molar-refractivity contribution in [3.63, 3.8) is 0 Å². The fraction of sp³-hybridized carbons (Fsp3) is 0.308. The Hall–Kier alpha value is -1.04. The van der Waals surface area contributed by atoms with Crippen molar-refractivity contribution in [3.8, 4) is 0 Å². The van der Waals surface area contributed by atoms with Gasteiger partial charge in [-0.25, -0.2) is 0 Å². The minimum absolute atomic E-state index is 0. The molecule has 1 atom stereocenters. The van der Waals surface area contributed by atoms with Gasteiger partial charge in [0.05, 0.1) is 12.6 Å². The Labute approximate surface area is 125 Å². The zero-order chi connectivity index (χ0) is 12.7. The van der Waals surface area contributed by atoms with Gasteiger partial charge in [-0.15, -0.1) is 12.4 Å². The lowest BCUT2D eigenvalue weighted by Crippen LogP contribution is -2.42. The van der Waals surface area contributed by atoms with Crippen LogP contribution in [0.25, 0.3) is 10.9 Å². The van der Waals surface area contributed by atoms with Crippen molar-refractivity contribution in [2.45, 2.75) is 19.0 Å². The number of halogens is 2. The molecule has 4 nitrogen and oxygen atoms in total. The predicted molar refractivity (Wildman–Crippen MR) is 79.6 cm³/mol. The van der Waals surface area contributed by atoms with Gasteiger partial charge in [0.2, 0.25) is 0 Å². The third-order valence-corrected chi connectivity index (χ3v) is 4.06. The first-order chi connectivity index (χ1) is 8.70. The van der Waals surface area contributed by atoms with Crippen LogP contribution in [0.5, 0.6) is 0 Å². The average molecular weight is 346 g/mol. The highest BCUT2D eigenvalue weighted by molar-refractivity contribution is 9.10. The minimum atomic E-state index is -0.250. The molecule has 1 aliphatic heterocycles. The summed E-state index contributed by atoms with van der Waals surface area (Å²) < 4.78 is 5.84. The van der Waals surface area contributed by atoms with Gasteiger partial charge in [-0.05, 0) is 27.6 Å². The second-order valence-corrected chi connectivity index (χ2v) is 5.26. The van der Waals surface area contributed by atoms with Gasteiger partial charge < -0.3 is 9.72 Å². The van der Waals surface area contributed by atoms with Crippen molar-refractivity contribution >= 4 is 45.2 Å². The Bertz CT molecular complexity index is 626. The summed E-state index contributed by atoms with van der Waals surface area (Å²) >= 11 is 3.54. The van der Waals surface area contributed by atoms with Crippen LogP contribution in [0.2, 0.25) is 0 Å². The van der Waals surface area contributed by atoms with Crippen molar-refractivity contribution in [3.05, 3.63) is 33.9 Å². The lowest BCUT2D eigenvalue weighted by Gasteiger charge is -2.21. The molecule has 0 unspecified atom stereocenters. The zero-order valence-electron chi connectivity index (χ0n) is 10.3. The number of aromatic amines is 1. The lowest BCUT2D eigenvalue weighted by atomic mass is 9.99. The minimum Gasteiger partial charge on any atom is -0.468 e. The first-order valence-corrected chi connectivity index (χ1v) is 6.59. The average Bonchev–Trinajstić information content (AvgIpc) is 2.77. The van der Waals surface area contributed by atoms with Gasteiger partial charge in [-0.3, -0.25) is 10.1 Å². The highest BCUT2D eigenvalue weighted by Crippen LogP contribution is 2.31. The molecule has 0 saturated heterocycles. The number of fused-ring (bicyclic) bond motifs is 3. The molecule has 1 aromatic heterocycles. The van der Waals surface area contributed by atoms with E-state index in [1.165, 1.54) is 18.1 Å². The number of esters is 1. The Morgan fingerprint density at radius 2 is 2.26 bits per heavy atom. The van der Waals surface area contributed by atoms with E-state index in [2.05, 4.69) is 32.3 Å². The molecule has 1 aliphatic rings. The maximum atomic E-state index is 11.6. The number of benzene rings is 1. The van der Waals surface area contributed by atoms with Crippen molar-refractivity contribution < 1.29 is 9.53 Å². The summed E-state index contributed by atoms with van der Waals surface area (Å²) in [6, 6.07) is 5.85. The Kier molecular flexibility index (Phi) is 4.18. The number of hydrogen-bond donors (Lipinski definition) is 2. The largest absolute Gasteiger partial charge is 0.468 e. The highest BCUT2D eigenvalue weighted by Gasteiger charge is 2.27. The summed E-state index contributed by atoms with van der Waals surface area (Å²) in [6.45, 7) is 0.663. The number of rotatable bonds is 1. The number of carbonyl (C=O) groups is 1. The monoisotopic (exact) mass is 344 g/mol. The Morgan fingerprint density at radius 1 is 1.47 bits per heavy atom. The molecule has 102 valence electrons. The van der Waals surface area contributed by atoms with E-state index in [0.717, 1.165) is 15.7 Å². The van der Waals surface area contributed by atoms with Gasteiger partial charge in [0.25, 0.3) is 0 Å². The summed E-state index contributed by atoms with van der Waals surface area (Å²) in [5.74, 6) is -0.204. The molecule has 19 heavy (non-hydrogen) atoms. The summed E-state index contributed by atoms with van der Waals surface area (Å²) in [6.07, 6.45) is 0.665. The molecular formula is C13H14BrClN2O2. The van der Waals surface area contributed by atoms with Crippen LogP contribution in [-0.2, 0) is 22.5 Å². The first kappa shape index (κ1) is 14.4. The van der Waals surface area contributed by atoms with Crippen LogP contribution in [0.3, 0.4) is 0 Å². The van der Waals surface area contributed by atoms with Gasteiger partial charge in [0.1, 0.15) is 6.04 Å². The molecule has 0 aliphatic carbocycles. The van der Waals surface area contributed by atoms with Crippen molar-refractivity contribution in [1.29, 1.82) is 0 Å². The van der Waals surface area contributed by atoms with Crippen LogP contribution in [0.15, 0.2) is 22.7 Å². The molecule has 1 aromatic carbocycles. The Balaban J connectivity index is 0.00000133. The van der Waals surface area contributed by atoms with Gasteiger partial charge in [-0.2, -0.15) is 0 Å². The lowest BCUT2D eigenvalue weighted by molar-refractivity contribution is -0.143. The molecule has 2 aromatic rings.